The Kier molecular flexibility index (Phi) is 6.43. The van der Waals surface area contributed by atoms with E-state index in [9.17, 15) is 9.59 Å². The molecule has 0 heterocycles. The molecule has 0 atom stereocenters. The monoisotopic (exact) mass is 248 g/mol. The van der Waals surface area contributed by atoms with Crippen LogP contribution in [0.5, 0.6) is 0 Å². The zero-order chi connectivity index (χ0) is 13.2. The second-order valence-corrected chi connectivity index (χ2v) is 3.49. The van der Waals surface area contributed by atoms with Gasteiger partial charge < -0.3 is 9.47 Å². The number of ether oxygens (including phenoxy) is 2. The van der Waals surface area contributed by atoms with Crippen LogP contribution in [0.15, 0.2) is 36.4 Å². The molecule has 0 aliphatic rings. The predicted molar refractivity (Wildman–Crippen MR) is 67.3 cm³/mol. The topological polar surface area (TPSA) is 52.6 Å². The minimum Gasteiger partial charge on any atom is -0.463 e. The zero-order valence-corrected chi connectivity index (χ0v) is 10.3. The van der Waals surface area contributed by atoms with Gasteiger partial charge in [0.1, 0.15) is 6.29 Å². The number of carbonyl (C=O) groups excluding carboxylic acids is 2. The maximum Gasteiger partial charge on any atom is 0.330 e. The van der Waals surface area contributed by atoms with Crippen molar-refractivity contribution in [3.05, 3.63) is 47.5 Å². The summed E-state index contributed by atoms with van der Waals surface area (Å²) in [5.74, 6) is -0.380. The fraction of sp³-hybridized carbons (Fsp3) is 0.286. The van der Waals surface area contributed by atoms with Crippen molar-refractivity contribution in [3.8, 4) is 0 Å². The number of benzene rings is 1. The molecule has 18 heavy (non-hydrogen) atoms. The standard InChI is InChI=1S/C14H16O4/c1-2-18-14(16)8-5-9-17-11-13-7-4-3-6-12(13)10-15/h3-8,10H,2,9,11H2,1H3/b8-5+. The molecule has 1 rings (SSSR count). The molecule has 0 bridgehead atoms. The highest BCUT2D eigenvalue weighted by Crippen LogP contribution is 2.07. The van der Waals surface area contributed by atoms with Crippen molar-refractivity contribution in [2.75, 3.05) is 13.2 Å². The van der Waals surface area contributed by atoms with E-state index in [0.29, 0.717) is 25.4 Å². The van der Waals surface area contributed by atoms with Crippen LogP contribution in [0.3, 0.4) is 0 Å². The second-order valence-electron chi connectivity index (χ2n) is 3.49. The van der Waals surface area contributed by atoms with Gasteiger partial charge in [0.2, 0.25) is 0 Å². The Bertz CT molecular complexity index is 424. The van der Waals surface area contributed by atoms with E-state index in [-0.39, 0.29) is 5.97 Å². The normalized spacial score (nSPS) is 10.5. The van der Waals surface area contributed by atoms with E-state index in [1.54, 1.807) is 25.1 Å². The van der Waals surface area contributed by atoms with Crippen molar-refractivity contribution in [2.45, 2.75) is 13.5 Å². The molecule has 0 saturated carbocycles. The van der Waals surface area contributed by atoms with E-state index in [2.05, 4.69) is 0 Å². The van der Waals surface area contributed by atoms with E-state index in [1.165, 1.54) is 6.08 Å². The molecule has 4 heteroatoms. The van der Waals surface area contributed by atoms with Crippen molar-refractivity contribution in [1.29, 1.82) is 0 Å². The number of esters is 1. The lowest BCUT2D eigenvalue weighted by molar-refractivity contribution is -0.137. The molecule has 0 N–H and O–H groups in total. The van der Waals surface area contributed by atoms with Gasteiger partial charge in [-0.1, -0.05) is 30.3 Å². The third-order valence-corrected chi connectivity index (χ3v) is 2.19. The smallest absolute Gasteiger partial charge is 0.330 e. The minimum absolute atomic E-state index is 0.298. The van der Waals surface area contributed by atoms with Gasteiger partial charge >= 0.3 is 5.97 Å². The van der Waals surface area contributed by atoms with Gasteiger partial charge in [0.15, 0.2) is 0 Å². The Morgan fingerprint density at radius 2 is 2.11 bits per heavy atom. The highest BCUT2D eigenvalue weighted by atomic mass is 16.5. The highest BCUT2D eigenvalue weighted by Gasteiger charge is 1.99. The SMILES string of the molecule is CCOC(=O)/C=C/COCc1ccccc1C=O. The van der Waals surface area contributed by atoms with Crippen molar-refractivity contribution in [1.82, 2.24) is 0 Å². The molecule has 0 spiro atoms. The molecule has 0 fully saturated rings. The highest BCUT2D eigenvalue weighted by molar-refractivity contribution is 5.81. The molecule has 0 aliphatic heterocycles. The number of hydrogen-bond acceptors (Lipinski definition) is 4. The quantitative estimate of drug-likeness (QED) is 0.321. The van der Waals surface area contributed by atoms with Gasteiger partial charge in [0, 0.05) is 11.6 Å². The first-order valence-electron chi connectivity index (χ1n) is 5.72. The Balaban J connectivity index is 2.33. The van der Waals surface area contributed by atoms with Crippen LogP contribution >= 0.6 is 0 Å². The summed E-state index contributed by atoms with van der Waals surface area (Å²) < 4.78 is 10.1. The Morgan fingerprint density at radius 3 is 2.83 bits per heavy atom. The van der Waals surface area contributed by atoms with E-state index in [4.69, 9.17) is 9.47 Å². The molecule has 0 aromatic heterocycles. The summed E-state index contributed by atoms with van der Waals surface area (Å²) in [6.07, 6.45) is 3.71. The maximum absolute atomic E-state index is 11.0. The molecule has 4 nitrogen and oxygen atoms in total. The van der Waals surface area contributed by atoms with E-state index in [0.717, 1.165) is 11.8 Å². The number of carbonyl (C=O) groups is 2. The van der Waals surface area contributed by atoms with Crippen molar-refractivity contribution >= 4 is 12.3 Å². The average molecular weight is 248 g/mol. The lowest BCUT2D eigenvalue weighted by Gasteiger charge is -2.04. The Labute approximate surface area is 106 Å². The third kappa shape index (κ3) is 4.93. The van der Waals surface area contributed by atoms with E-state index in [1.807, 2.05) is 12.1 Å². The second kappa shape index (κ2) is 8.20. The molecular weight excluding hydrogens is 232 g/mol. The largest absolute Gasteiger partial charge is 0.463 e. The molecule has 0 aliphatic carbocycles. The molecule has 1 aromatic rings. The molecular formula is C14H16O4. The number of hydrogen-bond donors (Lipinski definition) is 0. The predicted octanol–water partition coefficient (Wildman–Crippen LogP) is 2.13. The molecule has 96 valence electrons. The van der Waals surface area contributed by atoms with Gasteiger partial charge in [-0.3, -0.25) is 4.79 Å². The van der Waals surface area contributed by atoms with Crippen molar-refractivity contribution in [3.63, 3.8) is 0 Å². The third-order valence-electron chi connectivity index (χ3n) is 2.19. The van der Waals surface area contributed by atoms with Gasteiger partial charge in [-0.2, -0.15) is 0 Å². The van der Waals surface area contributed by atoms with Crippen LogP contribution in [0.4, 0.5) is 0 Å². The molecule has 1 aromatic carbocycles. The van der Waals surface area contributed by atoms with E-state index >= 15 is 0 Å². The fourth-order valence-electron chi connectivity index (χ4n) is 1.35. The molecule has 0 saturated heterocycles. The summed E-state index contributed by atoms with van der Waals surface area (Å²) in [5.41, 5.74) is 1.45. The average Bonchev–Trinajstić information content (AvgIpc) is 2.39. The number of aldehydes is 1. The summed E-state index contributed by atoms with van der Waals surface area (Å²) in [6.45, 7) is 2.74. The van der Waals surface area contributed by atoms with Crippen molar-refractivity contribution < 1.29 is 19.1 Å². The zero-order valence-electron chi connectivity index (χ0n) is 10.3. The fourth-order valence-corrected chi connectivity index (χ4v) is 1.35. The Hall–Kier alpha value is -1.94. The van der Waals surface area contributed by atoms with Gasteiger partial charge in [0.05, 0.1) is 19.8 Å². The van der Waals surface area contributed by atoms with Crippen LogP contribution in [0, 0.1) is 0 Å². The first kappa shape index (κ1) is 14.1. The number of rotatable bonds is 7. The maximum atomic E-state index is 11.0. The Morgan fingerprint density at radius 1 is 1.33 bits per heavy atom. The van der Waals surface area contributed by atoms with E-state index < -0.39 is 0 Å². The molecule has 0 unspecified atom stereocenters. The first-order valence-corrected chi connectivity index (χ1v) is 5.72. The van der Waals surface area contributed by atoms with Gasteiger partial charge in [-0.25, -0.2) is 4.79 Å². The van der Waals surface area contributed by atoms with Crippen molar-refractivity contribution in [2.24, 2.45) is 0 Å². The van der Waals surface area contributed by atoms with Crippen LogP contribution in [0.1, 0.15) is 22.8 Å². The molecule has 0 radical (unpaired) electrons. The van der Waals surface area contributed by atoms with Gasteiger partial charge in [-0.05, 0) is 12.5 Å². The summed E-state index contributed by atoms with van der Waals surface area (Å²) in [6, 6.07) is 7.22. The van der Waals surface area contributed by atoms with Crippen LogP contribution in [-0.4, -0.2) is 25.5 Å². The minimum atomic E-state index is -0.380. The summed E-state index contributed by atoms with van der Waals surface area (Å²) in [4.78, 5) is 21.7. The van der Waals surface area contributed by atoms with Crippen LogP contribution in [0.2, 0.25) is 0 Å². The summed E-state index contributed by atoms with van der Waals surface area (Å²) >= 11 is 0. The lowest BCUT2D eigenvalue weighted by Crippen LogP contribution is -2.01. The van der Waals surface area contributed by atoms with Crippen LogP contribution in [0.25, 0.3) is 0 Å². The van der Waals surface area contributed by atoms with Gasteiger partial charge in [-0.15, -0.1) is 0 Å². The summed E-state index contributed by atoms with van der Waals surface area (Å²) in [5, 5.41) is 0. The summed E-state index contributed by atoms with van der Waals surface area (Å²) in [7, 11) is 0. The lowest BCUT2D eigenvalue weighted by atomic mass is 10.1. The van der Waals surface area contributed by atoms with Crippen LogP contribution in [-0.2, 0) is 20.9 Å². The van der Waals surface area contributed by atoms with Gasteiger partial charge in [0.25, 0.3) is 0 Å². The van der Waals surface area contributed by atoms with Crippen LogP contribution < -0.4 is 0 Å². The molecule has 0 amide bonds. The first-order chi connectivity index (χ1) is 8.77.